The summed E-state index contributed by atoms with van der Waals surface area (Å²) in [6, 6.07) is 23.5. The number of nitrogens with one attached hydrogen (secondary N) is 1. The van der Waals surface area contributed by atoms with Crippen LogP contribution in [0.25, 0.3) is 0 Å². The van der Waals surface area contributed by atoms with Crippen molar-refractivity contribution in [2.45, 2.75) is 18.6 Å². The second kappa shape index (κ2) is 10.4. The normalized spacial score (nSPS) is 15.2. The fraction of sp³-hybridized carbons (Fsp3) is 0.240. The number of piperidine rings is 1. The lowest BCUT2D eigenvalue weighted by Crippen LogP contribution is -2.41. The summed E-state index contributed by atoms with van der Waals surface area (Å²) in [5, 5.41) is 3.44. The van der Waals surface area contributed by atoms with E-state index in [0.717, 1.165) is 5.75 Å². The minimum Gasteiger partial charge on any atom is -0.457 e. The molecule has 0 aliphatic carbocycles. The summed E-state index contributed by atoms with van der Waals surface area (Å²) in [5.41, 5.74) is 1.33. The van der Waals surface area contributed by atoms with E-state index in [1.165, 1.54) is 4.31 Å². The number of para-hydroxylation sites is 1. The molecule has 1 N–H and O–H groups in total. The Morgan fingerprint density at radius 3 is 2.27 bits per heavy atom. The number of rotatable bonds is 7. The number of amides is 1. The number of carbonyl (C=O) groups excluding carboxylic acids is 1. The van der Waals surface area contributed by atoms with Gasteiger partial charge in [0.15, 0.2) is 0 Å². The van der Waals surface area contributed by atoms with Crippen molar-refractivity contribution in [1.29, 1.82) is 0 Å². The summed E-state index contributed by atoms with van der Waals surface area (Å²) in [4.78, 5) is 12.7. The van der Waals surface area contributed by atoms with Gasteiger partial charge in [-0.05, 0) is 66.9 Å². The average molecular weight is 485 g/mol. The third-order valence-corrected chi connectivity index (χ3v) is 7.64. The van der Waals surface area contributed by atoms with Gasteiger partial charge in [-0.25, -0.2) is 12.7 Å². The van der Waals surface area contributed by atoms with Crippen molar-refractivity contribution in [3.8, 4) is 11.5 Å². The number of sulfonamides is 1. The van der Waals surface area contributed by atoms with Crippen LogP contribution in [0.4, 0.5) is 5.69 Å². The molecule has 8 heteroatoms. The minimum atomic E-state index is -3.46. The zero-order valence-electron chi connectivity index (χ0n) is 18.0. The molecule has 0 saturated carbocycles. The van der Waals surface area contributed by atoms with E-state index in [0.29, 0.717) is 48.0 Å². The van der Waals surface area contributed by atoms with Crippen molar-refractivity contribution in [1.82, 2.24) is 4.31 Å². The van der Waals surface area contributed by atoms with Crippen molar-refractivity contribution in [3.05, 3.63) is 89.4 Å². The van der Waals surface area contributed by atoms with Crippen molar-refractivity contribution in [2.24, 2.45) is 5.92 Å². The van der Waals surface area contributed by atoms with Gasteiger partial charge in [-0.3, -0.25) is 4.79 Å². The van der Waals surface area contributed by atoms with Gasteiger partial charge < -0.3 is 10.1 Å². The molecule has 0 radical (unpaired) electrons. The molecule has 1 saturated heterocycles. The third kappa shape index (κ3) is 6.35. The highest BCUT2D eigenvalue weighted by atomic mass is 35.5. The van der Waals surface area contributed by atoms with Crippen molar-refractivity contribution >= 4 is 33.2 Å². The van der Waals surface area contributed by atoms with Gasteiger partial charge in [0.05, 0.1) is 5.75 Å². The molecule has 0 atom stereocenters. The molecule has 172 valence electrons. The Morgan fingerprint density at radius 1 is 0.939 bits per heavy atom. The molecule has 0 unspecified atom stereocenters. The zero-order valence-corrected chi connectivity index (χ0v) is 19.6. The van der Waals surface area contributed by atoms with E-state index in [1.54, 1.807) is 48.5 Å². The summed E-state index contributed by atoms with van der Waals surface area (Å²) in [6.07, 6.45) is 0.964. The third-order valence-electron chi connectivity index (χ3n) is 5.56. The van der Waals surface area contributed by atoms with Gasteiger partial charge in [-0.1, -0.05) is 41.9 Å². The number of anilines is 1. The number of ether oxygens (including phenoxy) is 1. The van der Waals surface area contributed by atoms with Crippen LogP contribution >= 0.6 is 11.6 Å². The molecule has 0 spiro atoms. The first-order chi connectivity index (χ1) is 15.9. The van der Waals surface area contributed by atoms with Gasteiger partial charge in [0.1, 0.15) is 11.5 Å². The Morgan fingerprint density at radius 2 is 1.61 bits per heavy atom. The standard InChI is InChI=1S/C25H25ClN2O4S/c26-21-6-4-5-19(17-21)18-33(30,31)28-15-13-20(14-16-28)25(29)27-22-9-11-24(12-10-22)32-23-7-2-1-3-8-23/h1-12,17,20H,13-16,18H2,(H,27,29). The molecule has 6 nitrogen and oxygen atoms in total. The summed E-state index contributed by atoms with van der Waals surface area (Å²) in [7, 11) is -3.46. The molecular weight excluding hydrogens is 460 g/mol. The summed E-state index contributed by atoms with van der Waals surface area (Å²) in [6.45, 7) is 0.648. The van der Waals surface area contributed by atoms with Crippen LogP contribution in [0.2, 0.25) is 5.02 Å². The van der Waals surface area contributed by atoms with Gasteiger partial charge >= 0.3 is 0 Å². The lowest BCUT2D eigenvalue weighted by molar-refractivity contribution is -0.120. The summed E-state index contributed by atoms with van der Waals surface area (Å²) in [5.74, 6) is 0.993. The Labute approximate surface area is 199 Å². The molecule has 3 aromatic carbocycles. The fourth-order valence-electron chi connectivity index (χ4n) is 3.80. The van der Waals surface area contributed by atoms with E-state index < -0.39 is 10.0 Å². The average Bonchev–Trinajstić information content (AvgIpc) is 2.81. The number of nitrogens with zero attached hydrogens (tertiary/aromatic N) is 1. The molecule has 1 amide bonds. The van der Waals surface area contributed by atoms with Crippen LogP contribution in [-0.2, 0) is 20.6 Å². The number of benzene rings is 3. The number of carbonyl (C=O) groups is 1. The van der Waals surface area contributed by atoms with Crippen molar-refractivity contribution < 1.29 is 17.9 Å². The van der Waals surface area contributed by atoms with E-state index in [1.807, 2.05) is 30.3 Å². The van der Waals surface area contributed by atoms with Gasteiger partial charge in [0.25, 0.3) is 0 Å². The van der Waals surface area contributed by atoms with E-state index in [2.05, 4.69) is 5.32 Å². The van der Waals surface area contributed by atoms with Gasteiger partial charge in [0.2, 0.25) is 15.9 Å². The van der Waals surface area contributed by atoms with Crippen LogP contribution in [-0.4, -0.2) is 31.7 Å². The van der Waals surface area contributed by atoms with Crippen LogP contribution < -0.4 is 10.1 Å². The lowest BCUT2D eigenvalue weighted by Gasteiger charge is -2.30. The number of hydrogen-bond donors (Lipinski definition) is 1. The SMILES string of the molecule is O=C(Nc1ccc(Oc2ccccc2)cc1)C1CCN(S(=O)(=O)Cc2cccc(Cl)c2)CC1. The number of hydrogen-bond acceptors (Lipinski definition) is 4. The first-order valence-electron chi connectivity index (χ1n) is 10.8. The Balaban J connectivity index is 1.28. The summed E-state index contributed by atoms with van der Waals surface area (Å²) >= 11 is 5.97. The number of halogens is 1. The lowest BCUT2D eigenvalue weighted by atomic mass is 9.97. The predicted molar refractivity (Wildman–Crippen MR) is 130 cm³/mol. The predicted octanol–water partition coefficient (Wildman–Crippen LogP) is 5.31. The highest BCUT2D eigenvalue weighted by molar-refractivity contribution is 7.88. The molecule has 1 aliphatic rings. The van der Waals surface area contributed by atoms with Crippen LogP contribution in [0.5, 0.6) is 11.5 Å². The highest BCUT2D eigenvalue weighted by Crippen LogP contribution is 2.26. The van der Waals surface area contributed by atoms with Crippen LogP contribution in [0, 0.1) is 5.92 Å². The smallest absolute Gasteiger partial charge is 0.227 e. The van der Waals surface area contributed by atoms with E-state index in [4.69, 9.17) is 16.3 Å². The second-order valence-electron chi connectivity index (χ2n) is 7.99. The molecule has 1 heterocycles. The van der Waals surface area contributed by atoms with Gasteiger partial charge in [-0.15, -0.1) is 0 Å². The second-order valence-corrected chi connectivity index (χ2v) is 10.4. The van der Waals surface area contributed by atoms with E-state index in [9.17, 15) is 13.2 Å². The maximum absolute atomic E-state index is 12.8. The first kappa shape index (κ1) is 23.3. The van der Waals surface area contributed by atoms with E-state index in [-0.39, 0.29) is 17.6 Å². The Kier molecular flexibility index (Phi) is 7.33. The van der Waals surface area contributed by atoms with Crippen LogP contribution in [0.1, 0.15) is 18.4 Å². The monoisotopic (exact) mass is 484 g/mol. The van der Waals surface area contributed by atoms with Crippen molar-refractivity contribution in [2.75, 3.05) is 18.4 Å². The van der Waals surface area contributed by atoms with Gasteiger partial charge in [0, 0.05) is 29.7 Å². The zero-order chi connectivity index (χ0) is 23.3. The molecule has 3 aromatic rings. The maximum Gasteiger partial charge on any atom is 0.227 e. The molecule has 4 rings (SSSR count). The summed E-state index contributed by atoms with van der Waals surface area (Å²) < 4.78 is 32.8. The first-order valence-corrected chi connectivity index (χ1v) is 12.7. The van der Waals surface area contributed by atoms with E-state index >= 15 is 0 Å². The molecule has 1 fully saturated rings. The van der Waals surface area contributed by atoms with Crippen LogP contribution in [0.15, 0.2) is 78.9 Å². The minimum absolute atomic E-state index is 0.0954. The fourth-order valence-corrected chi connectivity index (χ4v) is 5.56. The van der Waals surface area contributed by atoms with Crippen molar-refractivity contribution in [3.63, 3.8) is 0 Å². The Hall–Kier alpha value is -2.87. The maximum atomic E-state index is 12.8. The Bertz CT molecular complexity index is 1190. The topological polar surface area (TPSA) is 75.7 Å². The molecule has 0 bridgehead atoms. The molecule has 0 aromatic heterocycles. The molecular formula is C25H25ClN2O4S. The largest absolute Gasteiger partial charge is 0.457 e. The highest BCUT2D eigenvalue weighted by Gasteiger charge is 2.31. The molecule has 33 heavy (non-hydrogen) atoms. The molecule has 1 aliphatic heterocycles. The van der Waals surface area contributed by atoms with Crippen LogP contribution in [0.3, 0.4) is 0 Å². The van der Waals surface area contributed by atoms with Gasteiger partial charge in [-0.2, -0.15) is 0 Å². The quantitative estimate of drug-likeness (QED) is 0.493.